The number of hydrogen-bond acceptors (Lipinski definition) is 0. The van der Waals surface area contributed by atoms with Crippen molar-refractivity contribution in [1.82, 2.24) is 0 Å². The second-order valence-electron chi connectivity index (χ2n) is 6.29. The molecule has 1 aromatic carbocycles. The molecule has 1 aliphatic carbocycles. The predicted molar refractivity (Wildman–Crippen MR) is 75.2 cm³/mol. The van der Waals surface area contributed by atoms with Gasteiger partial charge in [-0.2, -0.15) is 0 Å². The Balaban J connectivity index is 2.30. The highest BCUT2D eigenvalue weighted by Gasteiger charge is 2.36. The molecular weight excluding hydrogens is 204 g/mol. The van der Waals surface area contributed by atoms with Crippen LogP contribution >= 0.6 is 0 Å². The average Bonchev–Trinajstić information content (AvgIpc) is 2.37. The topological polar surface area (TPSA) is 0 Å². The highest BCUT2D eigenvalue weighted by Crippen LogP contribution is 2.44. The molecule has 0 amide bonds. The Morgan fingerprint density at radius 2 is 1.65 bits per heavy atom. The van der Waals surface area contributed by atoms with E-state index in [0.717, 1.165) is 11.8 Å². The van der Waals surface area contributed by atoms with Gasteiger partial charge in [0.2, 0.25) is 0 Å². The monoisotopic (exact) mass is 230 g/mol. The zero-order chi connectivity index (χ0) is 12.5. The third kappa shape index (κ3) is 2.41. The van der Waals surface area contributed by atoms with E-state index < -0.39 is 0 Å². The second kappa shape index (κ2) is 4.84. The van der Waals surface area contributed by atoms with Gasteiger partial charge >= 0.3 is 0 Å². The van der Waals surface area contributed by atoms with Crippen LogP contribution in [-0.2, 0) is 12.8 Å². The van der Waals surface area contributed by atoms with Gasteiger partial charge in [-0.25, -0.2) is 0 Å². The molecule has 0 spiro atoms. The lowest BCUT2D eigenvalue weighted by atomic mass is 9.62. The first kappa shape index (κ1) is 12.7. The van der Waals surface area contributed by atoms with Crippen LogP contribution in [0.15, 0.2) is 24.3 Å². The highest BCUT2D eigenvalue weighted by molar-refractivity contribution is 5.30. The van der Waals surface area contributed by atoms with Crippen LogP contribution in [0.1, 0.15) is 51.7 Å². The van der Waals surface area contributed by atoms with Crippen LogP contribution in [0.2, 0.25) is 0 Å². The number of fused-ring (bicyclic) bond motifs is 1. The normalized spacial score (nSPS) is 24.5. The molecule has 0 nitrogen and oxygen atoms in total. The van der Waals surface area contributed by atoms with Crippen LogP contribution in [0, 0.1) is 17.3 Å². The van der Waals surface area contributed by atoms with E-state index in [9.17, 15) is 0 Å². The fraction of sp³-hybridized carbons (Fsp3) is 0.647. The Labute approximate surface area is 106 Å². The van der Waals surface area contributed by atoms with Crippen molar-refractivity contribution in [1.29, 1.82) is 0 Å². The van der Waals surface area contributed by atoms with Gasteiger partial charge in [0.05, 0.1) is 0 Å². The molecule has 0 aromatic heterocycles. The molecule has 0 radical (unpaired) electrons. The van der Waals surface area contributed by atoms with E-state index in [1.807, 2.05) is 0 Å². The van der Waals surface area contributed by atoms with E-state index in [1.54, 1.807) is 11.1 Å². The third-order valence-corrected chi connectivity index (χ3v) is 5.05. The van der Waals surface area contributed by atoms with Crippen LogP contribution in [0.3, 0.4) is 0 Å². The molecule has 1 aliphatic rings. The van der Waals surface area contributed by atoms with Crippen LogP contribution in [0.5, 0.6) is 0 Å². The molecule has 1 aromatic rings. The fourth-order valence-corrected chi connectivity index (χ4v) is 3.39. The van der Waals surface area contributed by atoms with E-state index in [1.165, 1.54) is 25.7 Å². The third-order valence-electron chi connectivity index (χ3n) is 5.05. The van der Waals surface area contributed by atoms with Gasteiger partial charge in [-0.15, -0.1) is 0 Å². The smallest absolute Gasteiger partial charge is 0.0240 e. The Hall–Kier alpha value is -0.780. The molecule has 0 heteroatoms. The fourth-order valence-electron chi connectivity index (χ4n) is 3.39. The minimum atomic E-state index is 0.480. The summed E-state index contributed by atoms with van der Waals surface area (Å²) in [6, 6.07) is 9.05. The van der Waals surface area contributed by atoms with E-state index in [4.69, 9.17) is 0 Å². The van der Waals surface area contributed by atoms with Gasteiger partial charge in [-0.3, -0.25) is 0 Å². The van der Waals surface area contributed by atoms with Crippen molar-refractivity contribution < 1.29 is 0 Å². The molecule has 17 heavy (non-hydrogen) atoms. The first-order chi connectivity index (χ1) is 8.08. The van der Waals surface area contributed by atoms with Crippen LogP contribution in [0.25, 0.3) is 0 Å². The summed E-state index contributed by atoms with van der Waals surface area (Å²) in [5.41, 5.74) is 3.68. The summed E-state index contributed by atoms with van der Waals surface area (Å²) in [7, 11) is 0. The maximum atomic E-state index is 2.45. The summed E-state index contributed by atoms with van der Waals surface area (Å²) in [4.78, 5) is 0. The number of hydrogen-bond donors (Lipinski definition) is 0. The highest BCUT2D eigenvalue weighted by atomic mass is 14.4. The molecule has 2 rings (SSSR count). The van der Waals surface area contributed by atoms with Gasteiger partial charge in [0.15, 0.2) is 0 Å². The lowest BCUT2D eigenvalue weighted by Crippen LogP contribution is -2.36. The SMILES string of the molecule is CCC1Cc2ccccc2CC1C(C)(C)CC. The zero-order valence-corrected chi connectivity index (χ0v) is 11.8. The lowest BCUT2D eigenvalue weighted by Gasteiger charge is -2.42. The minimum Gasteiger partial charge on any atom is -0.0651 e. The van der Waals surface area contributed by atoms with Gasteiger partial charge in [-0.1, -0.05) is 64.8 Å². The zero-order valence-electron chi connectivity index (χ0n) is 11.8. The average molecular weight is 230 g/mol. The summed E-state index contributed by atoms with van der Waals surface area (Å²) >= 11 is 0. The van der Waals surface area contributed by atoms with Crippen molar-refractivity contribution in [2.75, 3.05) is 0 Å². The standard InChI is InChI=1S/C17H26/c1-5-13-11-14-9-7-8-10-15(14)12-16(13)17(3,4)6-2/h7-10,13,16H,5-6,11-12H2,1-4H3. The summed E-state index contributed by atoms with van der Waals surface area (Å²) in [5, 5.41) is 0. The van der Waals surface area contributed by atoms with Gasteiger partial charge in [0, 0.05) is 0 Å². The molecule has 2 unspecified atom stereocenters. The minimum absolute atomic E-state index is 0.480. The molecule has 94 valence electrons. The van der Waals surface area contributed by atoms with Crippen molar-refractivity contribution in [3.8, 4) is 0 Å². The van der Waals surface area contributed by atoms with E-state index >= 15 is 0 Å². The first-order valence-electron chi connectivity index (χ1n) is 7.15. The van der Waals surface area contributed by atoms with Gasteiger partial charge < -0.3 is 0 Å². The molecule has 0 fully saturated rings. The summed E-state index contributed by atoms with van der Waals surface area (Å²) in [6.45, 7) is 9.60. The largest absolute Gasteiger partial charge is 0.0651 e. The van der Waals surface area contributed by atoms with Gasteiger partial charge in [-0.05, 0) is 41.2 Å². The Morgan fingerprint density at radius 3 is 2.18 bits per heavy atom. The van der Waals surface area contributed by atoms with Crippen molar-refractivity contribution >= 4 is 0 Å². The maximum absolute atomic E-state index is 2.45. The van der Waals surface area contributed by atoms with E-state index in [-0.39, 0.29) is 0 Å². The molecule has 0 aliphatic heterocycles. The maximum Gasteiger partial charge on any atom is -0.0240 e. The first-order valence-corrected chi connectivity index (χ1v) is 7.15. The molecule has 0 saturated carbocycles. The molecule has 0 N–H and O–H groups in total. The van der Waals surface area contributed by atoms with Crippen molar-refractivity contribution in [2.24, 2.45) is 17.3 Å². The van der Waals surface area contributed by atoms with Gasteiger partial charge in [0.25, 0.3) is 0 Å². The van der Waals surface area contributed by atoms with E-state index in [0.29, 0.717) is 5.41 Å². The molecule has 0 bridgehead atoms. The second-order valence-corrected chi connectivity index (χ2v) is 6.29. The van der Waals surface area contributed by atoms with Crippen molar-refractivity contribution in [3.05, 3.63) is 35.4 Å². The summed E-state index contributed by atoms with van der Waals surface area (Å²) in [5.74, 6) is 1.73. The molecule has 2 atom stereocenters. The van der Waals surface area contributed by atoms with Gasteiger partial charge in [0.1, 0.15) is 0 Å². The van der Waals surface area contributed by atoms with Crippen molar-refractivity contribution in [3.63, 3.8) is 0 Å². The van der Waals surface area contributed by atoms with Crippen LogP contribution in [0.4, 0.5) is 0 Å². The Morgan fingerprint density at radius 1 is 1.06 bits per heavy atom. The van der Waals surface area contributed by atoms with Crippen LogP contribution in [-0.4, -0.2) is 0 Å². The molecule has 0 saturated heterocycles. The summed E-state index contributed by atoms with van der Waals surface area (Å²) < 4.78 is 0. The summed E-state index contributed by atoms with van der Waals surface area (Å²) in [6.07, 6.45) is 5.19. The molecular formula is C17H26. The Kier molecular flexibility index (Phi) is 3.61. The quantitative estimate of drug-likeness (QED) is 0.695. The molecule has 0 heterocycles. The lowest BCUT2D eigenvalue weighted by molar-refractivity contribution is 0.118. The van der Waals surface area contributed by atoms with Crippen LogP contribution < -0.4 is 0 Å². The van der Waals surface area contributed by atoms with E-state index in [2.05, 4.69) is 52.0 Å². The number of rotatable bonds is 3. The van der Waals surface area contributed by atoms with Crippen molar-refractivity contribution in [2.45, 2.75) is 53.4 Å². The predicted octanol–water partition coefficient (Wildman–Crippen LogP) is 4.86. The Bertz CT molecular complexity index is 375. The number of benzene rings is 1.